The van der Waals surface area contributed by atoms with Crippen LogP contribution in [0, 0.1) is 0 Å². The second-order valence-corrected chi connectivity index (χ2v) is 3.26. The van der Waals surface area contributed by atoms with E-state index in [1.54, 1.807) is 6.20 Å². The van der Waals surface area contributed by atoms with Crippen molar-refractivity contribution >= 4 is 5.52 Å². The number of nitrogens with zero attached hydrogens (tertiary/aromatic N) is 2. The average Bonchev–Trinajstić information content (AvgIpc) is 2.62. The second-order valence-electron chi connectivity index (χ2n) is 3.26. The zero-order chi connectivity index (χ0) is 9.97. The highest BCUT2D eigenvalue weighted by Gasteiger charge is 2.07. The second kappa shape index (κ2) is 3.77. The van der Waals surface area contributed by atoms with Crippen LogP contribution in [0.1, 0.15) is 5.82 Å². The fourth-order valence-corrected chi connectivity index (χ4v) is 1.44. The Bertz CT molecular complexity index is 424. The van der Waals surface area contributed by atoms with E-state index in [1.165, 1.54) is 0 Å². The maximum absolute atomic E-state index is 9.41. The van der Waals surface area contributed by atoms with Gasteiger partial charge in [-0.25, -0.2) is 4.98 Å². The molecule has 0 aliphatic rings. The topological polar surface area (TPSA) is 63.5 Å². The summed E-state index contributed by atoms with van der Waals surface area (Å²) in [6.45, 7) is 0.266. The predicted octanol–water partition coefficient (Wildman–Crippen LogP) is 0.196. The molecule has 1 unspecified atom stereocenters. The molecule has 2 heterocycles. The van der Waals surface area contributed by atoms with Crippen LogP contribution < -0.4 is 5.73 Å². The summed E-state index contributed by atoms with van der Waals surface area (Å²) in [5, 5.41) is 9.41. The highest BCUT2D eigenvalue weighted by molar-refractivity contribution is 5.45. The standard InChI is InChI=1S/C10H13N3O/c11-6-9(14)5-10-12-7-8-3-1-2-4-13(8)10/h1-4,7,9,14H,5-6,11H2. The first-order valence-corrected chi connectivity index (χ1v) is 4.60. The maximum atomic E-state index is 9.41. The van der Waals surface area contributed by atoms with E-state index in [0.29, 0.717) is 6.42 Å². The normalized spacial score (nSPS) is 13.3. The summed E-state index contributed by atoms with van der Waals surface area (Å²) in [5.41, 5.74) is 6.38. The number of hydrogen-bond donors (Lipinski definition) is 2. The number of rotatable bonds is 3. The number of fused-ring (bicyclic) bond motifs is 1. The minimum absolute atomic E-state index is 0.266. The van der Waals surface area contributed by atoms with Gasteiger partial charge in [-0.05, 0) is 12.1 Å². The van der Waals surface area contributed by atoms with Crippen molar-refractivity contribution in [3.05, 3.63) is 36.4 Å². The number of pyridine rings is 1. The molecule has 0 spiro atoms. The molecule has 0 saturated carbocycles. The molecule has 2 aromatic rings. The summed E-state index contributed by atoms with van der Waals surface area (Å²) in [6, 6.07) is 5.87. The molecule has 3 N–H and O–H groups in total. The Morgan fingerprint density at radius 3 is 3.14 bits per heavy atom. The lowest BCUT2D eigenvalue weighted by molar-refractivity contribution is 0.180. The van der Waals surface area contributed by atoms with Crippen LogP contribution >= 0.6 is 0 Å². The Labute approximate surface area is 82.0 Å². The predicted molar refractivity (Wildman–Crippen MR) is 54.0 cm³/mol. The zero-order valence-electron chi connectivity index (χ0n) is 7.80. The van der Waals surface area contributed by atoms with Crippen molar-refractivity contribution in [2.75, 3.05) is 6.54 Å². The minimum Gasteiger partial charge on any atom is -0.391 e. The maximum Gasteiger partial charge on any atom is 0.115 e. The molecule has 74 valence electrons. The Morgan fingerprint density at radius 1 is 1.50 bits per heavy atom. The van der Waals surface area contributed by atoms with Crippen molar-refractivity contribution < 1.29 is 5.11 Å². The molecular formula is C10H13N3O. The molecule has 1 atom stereocenters. The Balaban J connectivity index is 2.33. The van der Waals surface area contributed by atoms with Crippen LogP contribution in [0.4, 0.5) is 0 Å². The van der Waals surface area contributed by atoms with Gasteiger partial charge in [0.05, 0.1) is 17.8 Å². The van der Waals surface area contributed by atoms with Crippen LogP contribution in [0.2, 0.25) is 0 Å². The van der Waals surface area contributed by atoms with Gasteiger partial charge in [0.15, 0.2) is 0 Å². The molecular weight excluding hydrogens is 178 g/mol. The third-order valence-corrected chi connectivity index (χ3v) is 2.21. The van der Waals surface area contributed by atoms with Crippen molar-refractivity contribution in [1.82, 2.24) is 9.38 Å². The highest BCUT2D eigenvalue weighted by Crippen LogP contribution is 2.07. The molecule has 0 aliphatic carbocycles. The molecule has 0 bridgehead atoms. The van der Waals surface area contributed by atoms with E-state index in [4.69, 9.17) is 5.73 Å². The van der Waals surface area contributed by atoms with Crippen molar-refractivity contribution in [3.63, 3.8) is 0 Å². The van der Waals surface area contributed by atoms with Crippen LogP contribution in [0.3, 0.4) is 0 Å². The first-order valence-electron chi connectivity index (χ1n) is 4.60. The van der Waals surface area contributed by atoms with Gasteiger partial charge in [0.25, 0.3) is 0 Å². The average molecular weight is 191 g/mol. The van der Waals surface area contributed by atoms with Gasteiger partial charge in [0.2, 0.25) is 0 Å². The van der Waals surface area contributed by atoms with Gasteiger partial charge in [-0.3, -0.25) is 0 Å². The van der Waals surface area contributed by atoms with Gasteiger partial charge in [-0.2, -0.15) is 0 Å². The van der Waals surface area contributed by atoms with Gasteiger partial charge in [0, 0.05) is 19.2 Å². The van der Waals surface area contributed by atoms with Crippen LogP contribution in [-0.2, 0) is 6.42 Å². The molecule has 0 amide bonds. The first-order chi connectivity index (χ1) is 6.81. The van der Waals surface area contributed by atoms with Crippen molar-refractivity contribution in [2.24, 2.45) is 5.73 Å². The number of hydrogen-bond acceptors (Lipinski definition) is 3. The molecule has 0 aliphatic heterocycles. The molecule has 0 aromatic carbocycles. The highest BCUT2D eigenvalue weighted by atomic mass is 16.3. The fourth-order valence-electron chi connectivity index (χ4n) is 1.44. The quantitative estimate of drug-likeness (QED) is 0.728. The SMILES string of the molecule is NCC(O)Cc1ncc2ccccn12. The number of aliphatic hydroxyl groups excluding tert-OH is 1. The number of nitrogens with two attached hydrogens (primary N) is 1. The summed E-state index contributed by atoms with van der Waals surface area (Å²) < 4.78 is 1.96. The Kier molecular flexibility index (Phi) is 2.47. The van der Waals surface area contributed by atoms with Crippen molar-refractivity contribution in [1.29, 1.82) is 0 Å². The number of imidazole rings is 1. The number of aliphatic hydroxyl groups is 1. The van der Waals surface area contributed by atoms with Gasteiger partial charge >= 0.3 is 0 Å². The van der Waals surface area contributed by atoms with E-state index in [0.717, 1.165) is 11.3 Å². The number of aromatic nitrogens is 2. The summed E-state index contributed by atoms with van der Waals surface area (Å²) in [6.07, 6.45) is 3.70. The van der Waals surface area contributed by atoms with Gasteiger partial charge in [-0.15, -0.1) is 0 Å². The molecule has 0 saturated heterocycles. The third-order valence-electron chi connectivity index (χ3n) is 2.21. The summed E-state index contributed by atoms with van der Waals surface area (Å²) in [4.78, 5) is 4.23. The van der Waals surface area contributed by atoms with Crippen LogP contribution in [-0.4, -0.2) is 27.1 Å². The van der Waals surface area contributed by atoms with E-state index >= 15 is 0 Å². The molecule has 0 fully saturated rings. The van der Waals surface area contributed by atoms with Crippen molar-refractivity contribution in [2.45, 2.75) is 12.5 Å². The molecule has 0 radical (unpaired) electrons. The summed E-state index contributed by atoms with van der Waals surface area (Å²) in [7, 11) is 0. The molecule has 4 nitrogen and oxygen atoms in total. The Hall–Kier alpha value is -1.39. The van der Waals surface area contributed by atoms with Gasteiger partial charge in [0.1, 0.15) is 5.82 Å². The monoisotopic (exact) mass is 191 g/mol. The lowest BCUT2D eigenvalue weighted by atomic mass is 10.2. The van der Waals surface area contributed by atoms with Crippen LogP contribution in [0.25, 0.3) is 5.52 Å². The lowest BCUT2D eigenvalue weighted by Gasteiger charge is -2.05. The van der Waals surface area contributed by atoms with Crippen LogP contribution in [0.5, 0.6) is 0 Å². The van der Waals surface area contributed by atoms with E-state index < -0.39 is 6.10 Å². The smallest absolute Gasteiger partial charge is 0.115 e. The largest absolute Gasteiger partial charge is 0.391 e. The zero-order valence-corrected chi connectivity index (χ0v) is 7.80. The van der Waals surface area contributed by atoms with E-state index in [2.05, 4.69) is 4.98 Å². The molecule has 2 rings (SSSR count). The molecule has 2 aromatic heterocycles. The lowest BCUT2D eigenvalue weighted by Crippen LogP contribution is -2.23. The third kappa shape index (κ3) is 1.62. The Morgan fingerprint density at radius 2 is 2.36 bits per heavy atom. The van der Waals surface area contributed by atoms with E-state index in [1.807, 2.05) is 28.8 Å². The molecule has 4 heteroatoms. The van der Waals surface area contributed by atoms with Crippen molar-refractivity contribution in [3.8, 4) is 0 Å². The van der Waals surface area contributed by atoms with E-state index in [-0.39, 0.29) is 6.54 Å². The van der Waals surface area contributed by atoms with Gasteiger partial charge < -0.3 is 15.2 Å². The van der Waals surface area contributed by atoms with Crippen LogP contribution in [0.15, 0.2) is 30.6 Å². The first kappa shape index (κ1) is 9.18. The van der Waals surface area contributed by atoms with E-state index in [9.17, 15) is 5.11 Å². The summed E-state index contributed by atoms with van der Waals surface area (Å²) >= 11 is 0. The van der Waals surface area contributed by atoms with Gasteiger partial charge in [-0.1, -0.05) is 6.07 Å². The molecule has 14 heavy (non-hydrogen) atoms. The fraction of sp³-hybridized carbons (Fsp3) is 0.300. The minimum atomic E-state index is -0.513. The summed E-state index contributed by atoms with van der Waals surface area (Å²) in [5.74, 6) is 0.846.